The van der Waals surface area contributed by atoms with Gasteiger partial charge in [0.1, 0.15) is 6.10 Å². The summed E-state index contributed by atoms with van der Waals surface area (Å²) in [7, 11) is 0. The fraction of sp³-hybridized carbons (Fsp3) is 0.925. The van der Waals surface area contributed by atoms with Crippen LogP contribution in [-0.2, 0) is 14.3 Å². The molecule has 6 nitrogen and oxygen atoms in total. The molecule has 0 spiro atoms. The molecule has 0 saturated heterocycles. The summed E-state index contributed by atoms with van der Waals surface area (Å²) in [5, 5.41) is 23.8. The van der Waals surface area contributed by atoms with Crippen LogP contribution in [0.3, 0.4) is 0 Å². The second-order valence-electron chi connectivity index (χ2n) is 18.3. The predicted molar refractivity (Wildman–Crippen MR) is 255 cm³/mol. The van der Waals surface area contributed by atoms with Gasteiger partial charge < -0.3 is 20.3 Å². The molecular weight excluding hydrogens is 731 g/mol. The lowest BCUT2D eigenvalue weighted by atomic mass is 10.0. The number of unbranched alkanes of at least 4 members (excludes halogenated alkanes) is 34. The molecule has 3 unspecified atom stereocenters. The van der Waals surface area contributed by atoms with Gasteiger partial charge in [-0.2, -0.15) is 0 Å². The normalized spacial score (nSPS) is 13.2. The summed E-state index contributed by atoms with van der Waals surface area (Å²) in [4.78, 5) is 26.1. The molecule has 3 N–H and O–H groups in total. The quantitative estimate of drug-likeness (QED) is 0.0322. The molecule has 59 heavy (non-hydrogen) atoms. The van der Waals surface area contributed by atoms with Crippen molar-refractivity contribution in [2.24, 2.45) is 0 Å². The van der Waals surface area contributed by atoms with Crippen LogP contribution in [0.4, 0.5) is 0 Å². The highest BCUT2D eigenvalue weighted by molar-refractivity contribution is 5.77. The van der Waals surface area contributed by atoms with E-state index in [9.17, 15) is 19.8 Å². The van der Waals surface area contributed by atoms with E-state index in [1.165, 1.54) is 186 Å². The minimum absolute atomic E-state index is 0.0739. The molecule has 0 aromatic heterocycles. The standard InChI is InChI=1S/C53H103NO5/c1-4-7-10-13-16-19-22-24-26-28-31-33-36-39-42-45-51(56)50(48-55)54-52(57)47-49(44-41-38-35-32-30-27-25-23-20-17-14-11-8-5-2)59-53(58)46-43-40-37-34-29-21-18-15-12-9-6-3/h27,30,49-51,55-56H,4-26,28-29,31-48H2,1-3H3,(H,54,57)/b30-27+. The summed E-state index contributed by atoms with van der Waals surface area (Å²) in [5.74, 6) is -0.473. The van der Waals surface area contributed by atoms with Gasteiger partial charge in [0.15, 0.2) is 0 Å². The van der Waals surface area contributed by atoms with Crippen molar-refractivity contribution in [1.82, 2.24) is 5.32 Å². The maximum Gasteiger partial charge on any atom is 0.306 e. The lowest BCUT2D eigenvalue weighted by Crippen LogP contribution is -2.46. The van der Waals surface area contributed by atoms with Crippen LogP contribution in [0.2, 0.25) is 0 Å². The fourth-order valence-corrected chi connectivity index (χ4v) is 8.31. The molecule has 0 aromatic carbocycles. The molecule has 0 radical (unpaired) electrons. The highest BCUT2D eigenvalue weighted by atomic mass is 16.5. The molecule has 0 aromatic rings. The predicted octanol–water partition coefficient (Wildman–Crippen LogP) is 15.7. The zero-order valence-corrected chi connectivity index (χ0v) is 39.9. The highest BCUT2D eigenvalue weighted by Crippen LogP contribution is 2.18. The van der Waals surface area contributed by atoms with Gasteiger partial charge >= 0.3 is 5.97 Å². The van der Waals surface area contributed by atoms with Gasteiger partial charge in [-0.05, 0) is 51.4 Å². The summed E-state index contributed by atoms with van der Waals surface area (Å²) in [6, 6.07) is -0.699. The van der Waals surface area contributed by atoms with E-state index in [1.807, 2.05) is 0 Å². The Balaban J connectivity index is 4.52. The molecule has 0 heterocycles. The first kappa shape index (κ1) is 57.6. The first-order valence-electron chi connectivity index (χ1n) is 26.4. The monoisotopic (exact) mass is 834 g/mol. The second-order valence-corrected chi connectivity index (χ2v) is 18.3. The average Bonchev–Trinajstić information content (AvgIpc) is 3.23. The molecule has 0 aliphatic heterocycles. The summed E-state index contributed by atoms with van der Waals surface area (Å²) in [6.07, 6.45) is 52.7. The van der Waals surface area contributed by atoms with Gasteiger partial charge in [-0.15, -0.1) is 0 Å². The zero-order valence-electron chi connectivity index (χ0n) is 39.9. The number of carbonyl (C=O) groups excluding carboxylic acids is 2. The third-order valence-corrected chi connectivity index (χ3v) is 12.3. The van der Waals surface area contributed by atoms with Crippen LogP contribution in [0.15, 0.2) is 12.2 Å². The van der Waals surface area contributed by atoms with Crippen LogP contribution in [0.1, 0.15) is 290 Å². The van der Waals surface area contributed by atoms with E-state index >= 15 is 0 Å². The van der Waals surface area contributed by atoms with Gasteiger partial charge in [0.2, 0.25) is 5.91 Å². The van der Waals surface area contributed by atoms with Crippen molar-refractivity contribution in [3.63, 3.8) is 0 Å². The topological polar surface area (TPSA) is 95.9 Å². The van der Waals surface area contributed by atoms with Crippen molar-refractivity contribution in [2.75, 3.05) is 6.61 Å². The molecular formula is C53H103NO5. The highest BCUT2D eigenvalue weighted by Gasteiger charge is 2.24. The molecule has 0 saturated carbocycles. The summed E-state index contributed by atoms with van der Waals surface area (Å²) >= 11 is 0. The van der Waals surface area contributed by atoms with Gasteiger partial charge in [0.25, 0.3) is 0 Å². The van der Waals surface area contributed by atoms with Gasteiger partial charge in [0, 0.05) is 6.42 Å². The van der Waals surface area contributed by atoms with Crippen molar-refractivity contribution in [3.8, 4) is 0 Å². The third kappa shape index (κ3) is 43.1. The van der Waals surface area contributed by atoms with Gasteiger partial charge in [-0.25, -0.2) is 0 Å². The maximum absolute atomic E-state index is 13.2. The summed E-state index contributed by atoms with van der Waals surface area (Å²) in [5.41, 5.74) is 0. The van der Waals surface area contributed by atoms with Crippen LogP contribution in [0.5, 0.6) is 0 Å². The Kier molecular flexibility index (Phi) is 46.5. The van der Waals surface area contributed by atoms with Crippen molar-refractivity contribution in [1.29, 1.82) is 0 Å². The van der Waals surface area contributed by atoms with E-state index in [1.54, 1.807) is 0 Å². The van der Waals surface area contributed by atoms with Crippen LogP contribution in [-0.4, -0.2) is 46.9 Å². The fourth-order valence-electron chi connectivity index (χ4n) is 8.31. The number of aliphatic hydroxyl groups excluding tert-OH is 2. The largest absolute Gasteiger partial charge is 0.462 e. The van der Waals surface area contributed by atoms with E-state index in [2.05, 4.69) is 38.2 Å². The smallest absolute Gasteiger partial charge is 0.306 e. The van der Waals surface area contributed by atoms with Crippen LogP contribution in [0.25, 0.3) is 0 Å². The molecule has 350 valence electrons. The van der Waals surface area contributed by atoms with Crippen LogP contribution >= 0.6 is 0 Å². The lowest BCUT2D eigenvalue weighted by molar-refractivity contribution is -0.151. The number of amides is 1. The van der Waals surface area contributed by atoms with E-state index in [4.69, 9.17) is 4.74 Å². The SMILES string of the molecule is CCCCCCCCC/C=C/CCCCCC(CC(=O)NC(CO)C(O)CCCCCCCCCCCCCCCCC)OC(=O)CCCCCCCCCCCCC. The van der Waals surface area contributed by atoms with E-state index in [0.717, 1.165) is 57.8 Å². The Morgan fingerprint density at radius 1 is 0.475 bits per heavy atom. The Labute approximate surface area is 368 Å². The van der Waals surface area contributed by atoms with Crippen molar-refractivity contribution in [3.05, 3.63) is 12.2 Å². The van der Waals surface area contributed by atoms with Gasteiger partial charge in [-0.1, -0.05) is 238 Å². The summed E-state index contributed by atoms with van der Waals surface area (Å²) in [6.45, 7) is 6.49. The number of ether oxygens (including phenoxy) is 1. The lowest BCUT2D eigenvalue weighted by Gasteiger charge is -2.24. The number of hydrogen-bond acceptors (Lipinski definition) is 5. The average molecular weight is 834 g/mol. The van der Waals surface area contributed by atoms with E-state index in [0.29, 0.717) is 19.3 Å². The minimum Gasteiger partial charge on any atom is -0.462 e. The first-order valence-corrected chi connectivity index (χ1v) is 26.4. The first-order chi connectivity index (χ1) is 29.0. The number of nitrogens with one attached hydrogen (secondary N) is 1. The van der Waals surface area contributed by atoms with Crippen LogP contribution < -0.4 is 5.32 Å². The molecule has 3 atom stereocenters. The molecule has 0 aliphatic rings. The minimum atomic E-state index is -0.785. The van der Waals surface area contributed by atoms with Crippen molar-refractivity contribution in [2.45, 2.75) is 309 Å². The van der Waals surface area contributed by atoms with Crippen molar-refractivity contribution < 1.29 is 24.5 Å². The van der Waals surface area contributed by atoms with E-state index in [-0.39, 0.29) is 24.9 Å². The van der Waals surface area contributed by atoms with Crippen LogP contribution in [0, 0.1) is 0 Å². The number of aliphatic hydroxyl groups is 2. The second kappa shape index (κ2) is 47.6. The van der Waals surface area contributed by atoms with Gasteiger partial charge in [-0.3, -0.25) is 9.59 Å². The molecule has 0 bridgehead atoms. The Bertz CT molecular complexity index is 893. The number of allylic oxidation sites excluding steroid dienone is 2. The number of hydrogen-bond donors (Lipinski definition) is 3. The van der Waals surface area contributed by atoms with E-state index < -0.39 is 18.2 Å². The Morgan fingerprint density at radius 2 is 0.814 bits per heavy atom. The number of carbonyl (C=O) groups is 2. The summed E-state index contributed by atoms with van der Waals surface area (Å²) < 4.78 is 5.92. The Hall–Kier alpha value is -1.40. The van der Waals surface area contributed by atoms with Gasteiger partial charge in [0.05, 0.1) is 25.2 Å². The number of rotatable bonds is 48. The molecule has 0 aliphatic carbocycles. The molecule has 0 rings (SSSR count). The maximum atomic E-state index is 13.2. The molecule has 6 heteroatoms. The Morgan fingerprint density at radius 3 is 1.22 bits per heavy atom. The molecule has 1 amide bonds. The molecule has 0 fully saturated rings. The number of esters is 1. The zero-order chi connectivity index (χ0) is 43.1. The van der Waals surface area contributed by atoms with Crippen molar-refractivity contribution >= 4 is 11.9 Å². The third-order valence-electron chi connectivity index (χ3n) is 12.3.